The zero-order valence-electron chi connectivity index (χ0n) is 9.44. The Morgan fingerprint density at radius 3 is 2.41 bits per heavy atom. The molecule has 17 heavy (non-hydrogen) atoms. The van der Waals surface area contributed by atoms with E-state index in [9.17, 15) is 19.5 Å². The van der Waals surface area contributed by atoms with Crippen LogP contribution in [0.2, 0.25) is 0 Å². The molecule has 0 saturated heterocycles. The SMILES string of the molecule is O=C1C=C(C(C(=O)O)C2CCCCC2)C(=O)N1. The maximum absolute atomic E-state index is 11.5. The van der Waals surface area contributed by atoms with Crippen LogP contribution in [0.15, 0.2) is 11.6 Å². The summed E-state index contributed by atoms with van der Waals surface area (Å²) in [6.07, 6.45) is 5.88. The fourth-order valence-electron chi connectivity index (χ4n) is 2.71. The summed E-state index contributed by atoms with van der Waals surface area (Å²) in [5.74, 6) is -2.92. The van der Waals surface area contributed by atoms with Crippen molar-refractivity contribution in [2.24, 2.45) is 11.8 Å². The lowest BCUT2D eigenvalue weighted by atomic mass is 9.76. The van der Waals surface area contributed by atoms with E-state index in [1.807, 2.05) is 0 Å². The molecule has 1 saturated carbocycles. The van der Waals surface area contributed by atoms with Crippen molar-refractivity contribution in [3.8, 4) is 0 Å². The average Bonchev–Trinajstić information content (AvgIpc) is 2.59. The van der Waals surface area contributed by atoms with E-state index >= 15 is 0 Å². The van der Waals surface area contributed by atoms with Gasteiger partial charge in [0.2, 0.25) is 0 Å². The molecule has 0 spiro atoms. The third-order valence-electron chi connectivity index (χ3n) is 3.51. The number of nitrogens with one attached hydrogen (secondary N) is 1. The summed E-state index contributed by atoms with van der Waals surface area (Å²) in [4.78, 5) is 33.9. The Balaban J connectivity index is 2.22. The van der Waals surface area contributed by atoms with Gasteiger partial charge >= 0.3 is 5.97 Å². The van der Waals surface area contributed by atoms with Crippen LogP contribution in [0.5, 0.6) is 0 Å². The second kappa shape index (κ2) is 4.69. The van der Waals surface area contributed by atoms with Crippen molar-refractivity contribution in [2.45, 2.75) is 32.1 Å². The molecule has 1 aliphatic carbocycles. The van der Waals surface area contributed by atoms with Crippen molar-refractivity contribution < 1.29 is 19.5 Å². The first-order valence-electron chi connectivity index (χ1n) is 5.89. The van der Waals surface area contributed by atoms with E-state index < -0.39 is 23.7 Å². The minimum Gasteiger partial charge on any atom is -0.481 e. The molecule has 0 aromatic carbocycles. The summed E-state index contributed by atoms with van der Waals surface area (Å²) in [7, 11) is 0. The average molecular weight is 237 g/mol. The van der Waals surface area contributed by atoms with Gasteiger partial charge in [-0.1, -0.05) is 19.3 Å². The molecule has 92 valence electrons. The first-order chi connectivity index (χ1) is 8.09. The second-order valence-corrected chi connectivity index (χ2v) is 4.63. The maximum atomic E-state index is 11.5. The van der Waals surface area contributed by atoms with Crippen LogP contribution in [0.4, 0.5) is 0 Å². The predicted octanol–water partition coefficient (Wildman–Crippen LogP) is 0.850. The molecule has 2 rings (SSSR count). The van der Waals surface area contributed by atoms with Gasteiger partial charge in [-0.15, -0.1) is 0 Å². The van der Waals surface area contributed by atoms with E-state index in [2.05, 4.69) is 5.32 Å². The Hall–Kier alpha value is -1.65. The highest BCUT2D eigenvalue weighted by Crippen LogP contribution is 2.35. The molecule has 2 amide bonds. The molecule has 2 aliphatic rings. The Bertz CT molecular complexity index is 393. The molecule has 2 N–H and O–H groups in total. The number of carboxylic acid groups (broad SMARTS) is 1. The standard InChI is InChI=1S/C12H15NO4/c14-9-6-8(11(15)13-9)10(12(16)17)7-4-2-1-3-5-7/h6-7,10H,1-5H2,(H,16,17)(H,13,14,15). The maximum Gasteiger partial charge on any atom is 0.311 e. The number of hydrogen-bond acceptors (Lipinski definition) is 3. The van der Waals surface area contributed by atoms with Crippen LogP contribution in [0.25, 0.3) is 0 Å². The largest absolute Gasteiger partial charge is 0.481 e. The first-order valence-corrected chi connectivity index (χ1v) is 5.89. The Morgan fingerprint density at radius 1 is 1.29 bits per heavy atom. The summed E-state index contributed by atoms with van der Waals surface area (Å²) >= 11 is 0. The number of rotatable bonds is 3. The topological polar surface area (TPSA) is 83.5 Å². The van der Waals surface area contributed by atoms with Gasteiger partial charge in [-0.2, -0.15) is 0 Å². The van der Waals surface area contributed by atoms with Crippen molar-refractivity contribution in [2.75, 3.05) is 0 Å². The van der Waals surface area contributed by atoms with E-state index in [4.69, 9.17) is 0 Å². The van der Waals surface area contributed by atoms with Crippen molar-refractivity contribution in [1.29, 1.82) is 0 Å². The highest BCUT2D eigenvalue weighted by molar-refractivity contribution is 6.18. The Labute approximate surface area is 98.9 Å². The molecular formula is C12H15NO4. The predicted molar refractivity (Wildman–Crippen MR) is 58.9 cm³/mol. The smallest absolute Gasteiger partial charge is 0.311 e. The molecule has 5 heteroatoms. The van der Waals surface area contributed by atoms with Gasteiger partial charge in [-0.05, 0) is 18.8 Å². The van der Waals surface area contributed by atoms with Crippen molar-refractivity contribution >= 4 is 17.8 Å². The third kappa shape index (κ3) is 2.38. The third-order valence-corrected chi connectivity index (χ3v) is 3.51. The quantitative estimate of drug-likeness (QED) is 0.713. The lowest BCUT2D eigenvalue weighted by Crippen LogP contribution is -2.32. The van der Waals surface area contributed by atoms with Crippen LogP contribution in [0.3, 0.4) is 0 Å². The molecule has 0 bridgehead atoms. The number of imide groups is 1. The Morgan fingerprint density at radius 2 is 1.94 bits per heavy atom. The van der Waals surface area contributed by atoms with E-state index in [-0.39, 0.29) is 11.5 Å². The van der Waals surface area contributed by atoms with Gasteiger partial charge in [0.15, 0.2) is 0 Å². The summed E-state index contributed by atoms with van der Waals surface area (Å²) in [6.45, 7) is 0. The lowest BCUT2D eigenvalue weighted by molar-refractivity contribution is -0.143. The second-order valence-electron chi connectivity index (χ2n) is 4.63. The first kappa shape index (κ1) is 11.8. The lowest BCUT2D eigenvalue weighted by Gasteiger charge is -2.27. The van der Waals surface area contributed by atoms with Crippen LogP contribution < -0.4 is 5.32 Å². The summed E-state index contributed by atoms with van der Waals surface area (Å²) < 4.78 is 0. The van der Waals surface area contributed by atoms with Gasteiger partial charge < -0.3 is 5.11 Å². The van der Waals surface area contributed by atoms with Gasteiger partial charge in [0.05, 0.1) is 5.92 Å². The van der Waals surface area contributed by atoms with E-state index in [0.717, 1.165) is 38.2 Å². The normalized spacial score (nSPS) is 23.2. The fraction of sp³-hybridized carbons (Fsp3) is 0.583. The molecule has 1 aliphatic heterocycles. The summed E-state index contributed by atoms with van der Waals surface area (Å²) in [6, 6.07) is 0. The van der Waals surface area contributed by atoms with E-state index in [1.165, 1.54) is 0 Å². The summed E-state index contributed by atoms with van der Waals surface area (Å²) in [5.41, 5.74) is 0.120. The number of amides is 2. The molecule has 0 aromatic heterocycles. The number of aliphatic carboxylic acids is 1. The minimum absolute atomic E-state index is 0.0239. The van der Waals surface area contributed by atoms with Gasteiger partial charge in [-0.25, -0.2) is 0 Å². The fourth-order valence-corrected chi connectivity index (χ4v) is 2.71. The number of carboxylic acids is 1. The van der Waals surface area contributed by atoms with Crippen LogP contribution >= 0.6 is 0 Å². The van der Waals surface area contributed by atoms with Gasteiger partial charge in [0, 0.05) is 11.6 Å². The molecule has 1 heterocycles. The molecule has 1 unspecified atom stereocenters. The van der Waals surface area contributed by atoms with Crippen LogP contribution in [0.1, 0.15) is 32.1 Å². The molecule has 1 atom stereocenters. The van der Waals surface area contributed by atoms with Gasteiger partial charge in [0.25, 0.3) is 11.8 Å². The molecule has 0 radical (unpaired) electrons. The monoisotopic (exact) mass is 237 g/mol. The number of carbonyl (C=O) groups excluding carboxylic acids is 2. The zero-order valence-corrected chi connectivity index (χ0v) is 9.44. The van der Waals surface area contributed by atoms with Gasteiger partial charge in [-0.3, -0.25) is 19.7 Å². The van der Waals surface area contributed by atoms with Crippen molar-refractivity contribution in [1.82, 2.24) is 5.32 Å². The minimum atomic E-state index is -1.01. The Kier molecular flexibility index (Phi) is 3.26. The van der Waals surface area contributed by atoms with Gasteiger partial charge in [0.1, 0.15) is 0 Å². The highest BCUT2D eigenvalue weighted by atomic mass is 16.4. The molecule has 1 fully saturated rings. The number of carbonyl (C=O) groups is 3. The molecule has 0 aromatic rings. The summed E-state index contributed by atoms with van der Waals surface area (Å²) in [5, 5.41) is 11.4. The zero-order chi connectivity index (χ0) is 12.4. The van der Waals surface area contributed by atoms with Crippen molar-refractivity contribution in [3.05, 3.63) is 11.6 Å². The van der Waals surface area contributed by atoms with E-state index in [0.29, 0.717) is 0 Å². The van der Waals surface area contributed by atoms with Crippen LogP contribution in [0, 0.1) is 11.8 Å². The van der Waals surface area contributed by atoms with Crippen LogP contribution in [-0.2, 0) is 14.4 Å². The van der Waals surface area contributed by atoms with Crippen LogP contribution in [-0.4, -0.2) is 22.9 Å². The number of hydrogen-bond donors (Lipinski definition) is 2. The highest BCUT2D eigenvalue weighted by Gasteiger charge is 2.38. The molecular weight excluding hydrogens is 222 g/mol. The molecule has 5 nitrogen and oxygen atoms in total. The van der Waals surface area contributed by atoms with E-state index in [1.54, 1.807) is 0 Å². The van der Waals surface area contributed by atoms with Crippen molar-refractivity contribution in [3.63, 3.8) is 0 Å².